The van der Waals surface area contributed by atoms with Crippen molar-refractivity contribution in [1.82, 2.24) is 10.2 Å². The van der Waals surface area contributed by atoms with E-state index < -0.39 is 0 Å². The summed E-state index contributed by atoms with van der Waals surface area (Å²) >= 11 is 0. The average Bonchev–Trinajstić information content (AvgIpc) is 2.60. The van der Waals surface area contributed by atoms with E-state index in [9.17, 15) is 4.39 Å². The number of nitrogens with zero attached hydrogens (tertiary/aromatic N) is 1. The van der Waals surface area contributed by atoms with Gasteiger partial charge in [0.05, 0.1) is 5.69 Å². The van der Waals surface area contributed by atoms with Crippen molar-refractivity contribution in [1.29, 1.82) is 0 Å². The second-order valence-corrected chi connectivity index (χ2v) is 4.60. The van der Waals surface area contributed by atoms with Crippen LogP contribution in [0.2, 0.25) is 0 Å². The lowest BCUT2D eigenvalue weighted by Crippen LogP contribution is -1.89. The van der Waals surface area contributed by atoms with Crippen LogP contribution < -0.4 is 0 Å². The van der Waals surface area contributed by atoms with Gasteiger partial charge >= 0.3 is 0 Å². The summed E-state index contributed by atoms with van der Waals surface area (Å²) in [5, 5.41) is 7.53. The Balaban J connectivity index is 2.03. The molecular formula is C14H15FN2. The SMILES string of the molecule is Fc1ccc(-c2n[nH]c3c2CCCCC3)cc1. The van der Waals surface area contributed by atoms with E-state index in [-0.39, 0.29) is 5.82 Å². The third kappa shape index (κ3) is 1.97. The summed E-state index contributed by atoms with van der Waals surface area (Å²) < 4.78 is 12.9. The molecule has 0 atom stereocenters. The predicted octanol–water partition coefficient (Wildman–Crippen LogP) is 3.48. The number of benzene rings is 1. The molecule has 0 saturated heterocycles. The molecule has 0 aliphatic heterocycles. The van der Waals surface area contributed by atoms with Gasteiger partial charge in [-0.1, -0.05) is 6.42 Å². The molecule has 1 aliphatic rings. The first-order chi connectivity index (χ1) is 8.34. The molecule has 1 N–H and O–H groups in total. The van der Waals surface area contributed by atoms with Gasteiger partial charge in [-0.2, -0.15) is 5.10 Å². The van der Waals surface area contributed by atoms with Crippen molar-refractivity contribution < 1.29 is 4.39 Å². The lowest BCUT2D eigenvalue weighted by molar-refractivity contribution is 0.628. The van der Waals surface area contributed by atoms with E-state index in [0.29, 0.717) is 0 Å². The zero-order valence-electron chi connectivity index (χ0n) is 9.67. The molecule has 3 heteroatoms. The van der Waals surface area contributed by atoms with Gasteiger partial charge in [-0.3, -0.25) is 5.10 Å². The molecular weight excluding hydrogens is 215 g/mol. The Hall–Kier alpha value is -1.64. The van der Waals surface area contributed by atoms with Crippen molar-refractivity contribution in [3.63, 3.8) is 0 Å². The number of aromatic amines is 1. The summed E-state index contributed by atoms with van der Waals surface area (Å²) in [4.78, 5) is 0. The van der Waals surface area contributed by atoms with Crippen LogP contribution in [-0.4, -0.2) is 10.2 Å². The fourth-order valence-electron chi connectivity index (χ4n) is 2.50. The molecule has 3 rings (SSSR count). The zero-order chi connectivity index (χ0) is 11.7. The number of hydrogen-bond acceptors (Lipinski definition) is 1. The summed E-state index contributed by atoms with van der Waals surface area (Å²) in [5.74, 6) is -0.199. The van der Waals surface area contributed by atoms with E-state index in [1.165, 1.54) is 42.7 Å². The van der Waals surface area contributed by atoms with Gasteiger partial charge in [0.2, 0.25) is 0 Å². The molecule has 1 aliphatic carbocycles. The first-order valence-electron chi connectivity index (χ1n) is 6.16. The van der Waals surface area contributed by atoms with Crippen LogP contribution in [0.3, 0.4) is 0 Å². The summed E-state index contributed by atoms with van der Waals surface area (Å²) in [6.45, 7) is 0. The zero-order valence-corrected chi connectivity index (χ0v) is 9.67. The lowest BCUT2D eigenvalue weighted by atomic mass is 10.0. The fraction of sp³-hybridized carbons (Fsp3) is 0.357. The average molecular weight is 230 g/mol. The third-order valence-electron chi connectivity index (χ3n) is 3.42. The topological polar surface area (TPSA) is 28.7 Å². The smallest absolute Gasteiger partial charge is 0.123 e. The highest BCUT2D eigenvalue weighted by Crippen LogP contribution is 2.28. The molecule has 0 unspecified atom stereocenters. The lowest BCUT2D eigenvalue weighted by Gasteiger charge is -2.02. The van der Waals surface area contributed by atoms with Crippen molar-refractivity contribution in [2.75, 3.05) is 0 Å². The molecule has 0 fully saturated rings. The second-order valence-electron chi connectivity index (χ2n) is 4.60. The Kier molecular flexibility index (Phi) is 2.67. The predicted molar refractivity (Wildman–Crippen MR) is 65.2 cm³/mol. The molecule has 0 amide bonds. The standard InChI is InChI=1S/C14H15FN2/c15-11-8-6-10(7-9-11)14-12-4-2-1-3-5-13(12)16-17-14/h6-9H,1-5H2,(H,16,17). The molecule has 0 spiro atoms. The van der Waals surface area contributed by atoms with Gasteiger partial charge in [0.1, 0.15) is 5.82 Å². The highest BCUT2D eigenvalue weighted by atomic mass is 19.1. The molecule has 1 heterocycles. The monoisotopic (exact) mass is 230 g/mol. The van der Waals surface area contributed by atoms with Crippen molar-refractivity contribution in [2.45, 2.75) is 32.1 Å². The van der Waals surface area contributed by atoms with Crippen molar-refractivity contribution in [2.24, 2.45) is 0 Å². The molecule has 1 aromatic heterocycles. The minimum absolute atomic E-state index is 0.199. The number of aryl methyl sites for hydroxylation is 1. The Morgan fingerprint density at radius 1 is 1.00 bits per heavy atom. The van der Waals surface area contributed by atoms with E-state index in [1.54, 1.807) is 12.1 Å². The number of H-pyrrole nitrogens is 1. The normalized spacial score (nSPS) is 15.4. The van der Waals surface area contributed by atoms with Crippen molar-refractivity contribution in [3.05, 3.63) is 41.3 Å². The van der Waals surface area contributed by atoms with Crippen molar-refractivity contribution >= 4 is 0 Å². The highest BCUT2D eigenvalue weighted by Gasteiger charge is 2.16. The van der Waals surface area contributed by atoms with Gasteiger partial charge in [-0.15, -0.1) is 0 Å². The Morgan fingerprint density at radius 2 is 1.76 bits per heavy atom. The minimum atomic E-state index is -0.199. The van der Waals surface area contributed by atoms with Gasteiger partial charge in [0, 0.05) is 16.8 Å². The number of hydrogen-bond donors (Lipinski definition) is 1. The fourth-order valence-corrected chi connectivity index (χ4v) is 2.50. The largest absolute Gasteiger partial charge is 0.282 e. The van der Waals surface area contributed by atoms with Crippen LogP contribution in [0, 0.1) is 5.82 Å². The maximum absolute atomic E-state index is 12.9. The van der Waals surface area contributed by atoms with Crippen LogP contribution >= 0.6 is 0 Å². The Bertz CT molecular complexity index is 514. The number of fused-ring (bicyclic) bond motifs is 1. The second kappa shape index (κ2) is 4.32. The van der Waals surface area contributed by atoms with Gasteiger partial charge in [0.15, 0.2) is 0 Å². The quantitative estimate of drug-likeness (QED) is 0.746. The van der Waals surface area contributed by atoms with E-state index in [2.05, 4.69) is 10.2 Å². The maximum Gasteiger partial charge on any atom is 0.123 e. The first kappa shape index (κ1) is 10.5. The number of rotatable bonds is 1. The molecule has 88 valence electrons. The van der Waals surface area contributed by atoms with Crippen LogP contribution in [0.1, 0.15) is 30.5 Å². The third-order valence-corrected chi connectivity index (χ3v) is 3.42. The van der Waals surface area contributed by atoms with E-state index in [4.69, 9.17) is 0 Å². The molecule has 2 aromatic rings. The van der Waals surface area contributed by atoms with Crippen LogP contribution in [0.15, 0.2) is 24.3 Å². The Morgan fingerprint density at radius 3 is 2.59 bits per heavy atom. The number of aromatic nitrogens is 2. The van der Waals surface area contributed by atoms with Gasteiger partial charge < -0.3 is 0 Å². The molecule has 0 radical (unpaired) electrons. The van der Waals surface area contributed by atoms with E-state index in [1.807, 2.05) is 0 Å². The molecule has 2 nitrogen and oxygen atoms in total. The van der Waals surface area contributed by atoms with E-state index >= 15 is 0 Å². The molecule has 0 bridgehead atoms. The van der Waals surface area contributed by atoms with Gasteiger partial charge in [-0.25, -0.2) is 4.39 Å². The van der Waals surface area contributed by atoms with Gasteiger partial charge in [-0.05, 0) is 49.9 Å². The number of halogens is 1. The summed E-state index contributed by atoms with van der Waals surface area (Å²) in [7, 11) is 0. The van der Waals surface area contributed by atoms with E-state index in [0.717, 1.165) is 24.1 Å². The first-order valence-corrected chi connectivity index (χ1v) is 6.16. The summed E-state index contributed by atoms with van der Waals surface area (Å²) in [6.07, 6.45) is 5.91. The molecule has 0 saturated carbocycles. The Labute approximate surface area is 99.9 Å². The van der Waals surface area contributed by atoms with Crippen LogP contribution in [0.25, 0.3) is 11.3 Å². The summed E-state index contributed by atoms with van der Waals surface area (Å²) in [5.41, 5.74) is 4.60. The summed E-state index contributed by atoms with van der Waals surface area (Å²) in [6, 6.07) is 6.59. The van der Waals surface area contributed by atoms with Crippen molar-refractivity contribution in [3.8, 4) is 11.3 Å². The van der Waals surface area contributed by atoms with Gasteiger partial charge in [0.25, 0.3) is 0 Å². The maximum atomic E-state index is 12.9. The highest BCUT2D eigenvalue weighted by molar-refractivity contribution is 5.64. The van der Waals surface area contributed by atoms with Crippen LogP contribution in [0.5, 0.6) is 0 Å². The van der Waals surface area contributed by atoms with Crippen LogP contribution in [0.4, 0.5) is 4.39 Å². The molecule has 17 heavy (non-hydrogen) atoms. The molecule has 1 aromatic carbocycles. The number of nitrogens with one attached hydrogen (secondary N) is 1. The van der Waals surface area contributed by atoms with Crippen LogP contribution in [-0.2, 0) is 12.8 Å². The minimum Gasteiger partial charge on any atom is -0.282 e.